The van der Waals surface area contributed by atoms with E-state index >= 15 is 0 Å². The zero-order chi connectivity index (χ0) is 16.4. The maximum Gasteiger partial charge on any atom is 0.254 e. The highest BCUT2D eigenvalue weighted by Crippen LogP contribution is 2.31. The number of carbonyl (C=O) groups excluding carboxylic acids is 1. The van der Waals surface area contributed by atoms with E-state index in [1.165, 1.54) is 0 Å². The third-order valence-corrected chi connectivity index (χ3v) is 4.23. The van der Waals surface area contributed by atoms with E-state index < -0.39 is 0 Å². The summed E-state index contributed by atoms with van der Waals surface area (Å²) in [5, 5.41) is 0. The van der Waals surface area contributed by atoms with Crippen LogP contribution in [0.5, 0.6) is 11.5 Å². The summed E-state index contributed by atoms with van der Waals surface area (Å²) in [6.07, 6.45) is -0.163. The van der Waals surface area contributed by atoms with Crippen LogP contribution in [0.4, 0.5) is 0 Å². The molecule has 3 rings (SSSR count). The molecule has 120 valence electrons. The monoisotopic (exact) mass is 311 g/mol. The average molecular weight is 311 g/mol. The number of nitrogens with zero attached hydrogens (tertiary/aromatic N) is 1. The Morgan fingerprint density at radius 2 is 1.87 bits per heavy atom. The number of ether oxygens (including phenoxy) is 2. The first-order valence-corrected chi connectivity index (χ1v) is 7.76. The number of carbonyl (C=O) groups is 1. The molecule has 4 heteroatoms. The van der Waals surface area contributed by atoms with Crippen LogP contribution < -0.4 is 9.47 Å². The minimum absolute atomic E-state index is 0.00802. The topological polar surface area (TPSA) is 38.8 Å². The van der Waals surface area contributed by atoms with Gasteiger partial charge in [-0.2, -0.15) is 0 Å². The summed E-state index contributed by atoms with van der Waals surface area (Å²) in [5.41, 5.74) is 2.88. The quantitative estimate of drug-likeness (QED) is 0.873. The lowest BCUT2D eigenvalue weighted by Gasteiger charge is -2.30. The van der Waals surface area contributed by atoms with Gasteiger partial charge in [-0.25, -0.2) is 0 Å². The Kier molecular flexibility index (Phi) is 4.24. The van der Waals surface area contributed by atoms with Gasteiger partial charge in [-0.3, -0.25) is 4.79 Å². The Labute approximate surface area is 136 Å². The third kappa shape index (κ3) is 3.16. The molecule has 2 aromatic rings. The molecule has 1 unspecified atom stereocenters. The number of fused-ring (bicyclic) bond motifs is 1. The molecule has 2 aromatic carbocycles. The molecule has 23 heavy (non-hydrogen) atoms. The SMILES string of the molecule is Cc1cccc(C(=O)N(C)CC2COc3ccccc3O2)c1C. The van der Waals surface area contributed by atoms with Crippen LogP contribution in [-0.2, 0) is 0 Å². The van der Waals surface area contributed by atoms with E-state index in [2.05, 4.69) is 0 Å². The Balaban J connectivity index is 1.69. The molecular weight excluding hydrogens is 290 g/mol. The summed E-state index contributed by atoms with van der Waals surface area (Å²) in [4.78, 5) is 14.4. The minimum Gasteiger partial charge on any atom is -0.486 e. The van der Waals surface area contributed by atoms with Gasteiger partial charge in [0.25, 0.3) is 5.91 Å². The largest absolute Gasteiger partial charge is 0.486 e. The lowest BCUT2D eigenvalue weighted by molar-refractivity contribution is 0.0520. The molecule has 0 aliphatic carbocycles. The van der Waals surface area contributed by atoms with Crippen molar-refractivity contribution >= 4 is 5.91 Å². The van der Waals surface area contributed by atoms with Gasteiger partial charge in [0.05, 0.1) is 6.54 Å². The molecule has 1 amide bonds. The molecule has 1 aliphatic heterocycles. The maximum atomic E-state index is 12.7. The summed E-state index contributed by atoms with van der Waals surface area (Å²) in [6, 6.07) is 13.4. The van der Waals surface area contributed by atoms with Crippen LogP contribution in [0.15, 0.2) is 42.5 Å². The molecule has 1 atom stereocenters. The second-order valence-corrected chi connectivity index (χ2v) is 5.93. The van der Waals surface area contributed by atoms with Crippen molar-refractivity contribution in [3.8, 4) is 11.5 Å². The van der Waals surface area contributed by atoms with Crippen molar-refractivity contribution in [2.75, 3.05) is 20.2 Å². The van der Waals surface area contributed by atoms with Crippen LogP contribution in [0.25, 0.3) is 0 Å². The number of benzene rings is 2. The predicted molar refractivity (Wildman–Crippen MR) is 89.2 cm³/mol. The normalized spacial score (nSPS) is 16.0. The second kappa shape index (κ2) is 6.32. The zero-order valence-electron chi connectivity index (χ0n) is 13.7. The van der Waals surface area contributed by atoms with E-state index in [1.807, 2.05) is 56.3 Å². The average Bonchev–Trinajstić information content (AvgIpc) is 2.56. The minimum atomic E-state index is -0.163. The number of amides is 1. The molecule has 0 fully saturated rings. The van der Waals surface area contributed by atoms with Crippen molar-refractivity contribution in [3.63, 3.8) is 0 Å². The smallest absolute Gasteiger partial charge is 0.254 e. The highest BCUT2D eigenvalue weighted by molar-refractivity contribution is 5.95. The van der Waals surface area contributed by atoms with Crippen LogP contribution in [0, 0.1) is 13.8 Å². The molecule has 0 N–H and O–H groups in total. The van der Waals surface area contributed by atoms with Gasteiger partial charge in [-0.15, -0.1) is 0 Å². The van der Waals surface area contributed by atoms with Gasteiger partial charge in [-0.1, -0.05) is 24.3 Å². The van der Waals surface area contributed by atoms with Gasteiger partial charge in [0.2, 0.25) is 0 Å². The van der Waals surface area contributed by atoms with Gasteiger partial charge in [-0.05, 0) is 43.2 Å². The van der Waals surface area contributed by atoms with Crippen molar-refractivity contribution in [3.05, 3.63) is 59.2 Å². The van der Waals surface area contributed by atoms with E-state index in [9.17, 15) is 4.79 Å². The molecule has 1 heterocycles. The first-order valence-electron chi connectivity index (χ1n) is 7.76. The first kappa shape index (κ1) is 15.4. The van der Waals surface area contributed by atoms with Gasteiger partial charge in [0.1, 0.15) is 6.61 Å². The Morgan fingerprint density at radius 3 is 2.65 bits per heavy atom. The lowest BCUT2D eigenvalue weighted by atomic mass is 10.0. The van der Waals surface area contributed by atoms with E-state index in [1.54, 1.807) is 11.9 Å². The van der Waals surface area contributed by atoms with Gasteiger partial charge in [0, 0.05) is 12.6 Å². The third-order valence-electron chi connectivity index (χ3n) is 4.23. The van der Waals surface area contributed by atoms with Gasteiger partial charge in [0.15, 0.2) is 17.6 Å². The molecule has 4 nitrogen and oxygen atoms in total. The molecule has 1 aliphatic rings. The lowest BCUT2D eigenvalue weighted by Crippen LogP contribution is -2.42. The standard InChI is InChI=1S/C19H21NO3/c1-13-7-6-8-16(14(13)2)19(21)20(3)11-15-12-22-17-9-4-5-10-18(17)23-15/h4-10,15H,11-12H2,1-3H3. The Morgan fingerprint density at radius 1 is 1.13 bits per heavy atom. The first-order chi connectivity index (χ1) is 11.1. The fourth-order valence-corrected chi connectivity index (χ4v) is 2.73. The summed E-state index contributed by atoms with van der Waals surface area (Å²) in [6.45, 7) is 4.93. The molecule has 0 saturated heterocycles. The highest BCUT2D eigenvalue weighted by Gasteiger charge is 2.24. The number of hydrogen-bond acceptors (Lipinski definition) is 3. The molecular formula is C19H21NO3. The summed E-state index contributed by atoms with van der Waals surface area (Å²) in [7, 11) is 1.80. The number of aryl methyl sites for hydroxylation is 1. The van der Waals surface area contributed by atoms with Crippen LogP contribution in [0.1, 0.15) is 21.5 Å². The molecule has 0 saturated carbocycles. The highest BCUT2D eigenvalue weighted by atomic mass is 16.6. The van der Waals surface area contributed by atoms with Crippen LogP contribution in [0.2, 0.25) is 0 Å². The second-order valence-electron chi connectivity index (χ2n) is 5.93. The predicted octanol–water partition coefficient (Wildman–Crippen LogP) is 3.22. The number of para-hydroxylation sites is 2. The Hall–Kier alpha value is -2.49. The van der Waals surface area contributed by atoms with E-state index in [0.717, 1.165) is 28.2 Å². The van der Waals surface area contributed by atoms with E-state index in [-0.39, 0.29) is 12.0 Å². The number of likely N-dealkylation sites (N-methyl/N-ethyl adjacent to an activating group) is 1. The van der Waals surface area contributed by atoms with Gasteiger partial charge < -0.3 is 14.4 Å². The fourth-order valence-electron chi connectivity index (χ4n) is 2.73. The number of rotatable bonds is 3. The summed E-state index contributed by atoms with van der Waals surface area (Å²) < 4.78 is 11.6. The van der Waals surface area contributed by atoms with Crippen molar-refractivity contribution in [1.82, 2.24) is 4.90 Å². The maximum absolute atomic E-state index is 12.7. The molecule has 0 bridgehead atoms. The summed E-state index contributed by atoms with van der Waals surface area (Å²) in [5.74, 6) is 1.50. The molecule has 0 spiro atoms. The van der Waals surface area contributed by atoms with E-state index in [0.29, 0.717) is 13.2 Å². The Bertz CT molecular complexity index is 726. The van der Waals surface area contributed by atoms with Crippen molar-refractivity contribution in [2.45, 2.75) is 20.0 Å². The molecule has 0 radical (unpaired) electrons. The summed E-state index contributed by atoms with van der Waals surface area (Å²) >= 11 is 0. The van der Waals surface area contributed by atoms with Gasteiger partial charge >= 0.3 is 0 Å². The van der Waals surface area contributed by atoms with Crippen molar-refractivity contribution in [2.24, 2.45) is 0 Å². The number of hydrogen-bond donors (Lipinski definition) is 0. The van der Waals surface area contributed by atoms with E-state index in [4.69, 9.17) is 9.47 Å². The van der Waals surface area contributed by atoms with Crippen LogP contribution in [0.3, 0.4) is 0 Å². The fraction of sp³-hybridized carbons (Fsp3) is 0.316. The molecule has 0 aromatic heterocycles. The zero-order valence-corrected chi connectivity index (χ0v) is 13.7. The van der Waals surface area contributed by atoms with Crippen molar-refractivity contribution in [1.29, 1.82) is 0 Å². The van der Waals surface area contributed by atoms with Crippen molar-refractivity contribution < 1.29 is 14.3 Å². The van der Waals surface area contributed by atoms with Crippen LogP contribution >= 0.6 is 0 Å². The van der Waals surface area contributed by atoms with Crippen LogP contribution in [-0.4, -0.2) is 37.1 Å².